The third-order valence-corrected chi connectivity index (χ3v) is 4.08. The maximum Gasteiger partial charge on any atom is 0.162 e. The fourth-order valence-corrected chi connectivity index (χ4v) is 2.17. The zero-order valence-corrected chi connectivity index (χ0v) is 6.35. The Morgan fingerprint density at radius 2 is 1.44 bits per heavy atom. The van der Waals surface area contributed by atoms with Crippen LogP contribution in [0.25, 0.3) is 0 Å². The standard InChI is InChI=1S/C6H10O2S/c1-5-3-4-6(2)9(5,7)8/h3-6H,1-2H3/t5-,6?/m1/s1. The molecule has 2 nitrogen and oxygen atoms in total. The van der Waals surface area contributed by atoms with Crippen LogP contribution in [0.15, 0.2) is 12.2 Å². The Bertz CT molecular complexity index is 207. The van der Waals surface area contributed by atoms with Crippen molar-refractivity contribution in [1.29, 1.82) is 0 Å². The first-order chi connectivity index (χ1) is 4.05. The summed E-state index contributed by atoms with van der Waals surface area (Å²) < 4.78 is 22.1. The maximum absolute atomic E-state index is 11.0. The van der Waals surface area contributed by atoms with Gasteiger partial charge in [0.2, 0.25) is 0 Å². The fraction of sp³-hybridized carbons (Fsp3) is 0.667. The second kappa shape index (κ2) is 1.84. The van der Waals surface area contributed by atoms with E-state index < -0.39 is 9.84 Å². The molecule has 3 heteroatoms. The van der Waals surface area contributed by atoms with Gasteiger partial charge in [-0.3, -0.25) is 0 Å². The average Bonchev–Trinajstić information content (AvgIpc) is 1.96. The van der Waals surface area contributed by atoms with Crippen molar-refractivity contribution >= 4 is 9.84 Å². The second-order valence-electron chi connectivity index (χ2n) is 2.38. The Morgan fingerprint density at radius 3 is 1.56 bits per heavy atom. The van der Waals surface area contributed by atoms with Crippen LogP contribution >= 0.6 is 0 Å². The van der Waals surface area contributed by atoms with Crippen LogP contribution in [-0.2, 0) is 9.84 Å². The van der Waals surface area contributed by atoms with Crippen molar-refractivity contribution in [2.75, 3.05) is 0 Å². The van der Waals surface area contributed by atoms with E-state index in [4.69, 9.17) is 0 Å². The summed E-state index contributed by atoms with van der Waals surface area (Å²) in [6.07, 6.45) is 3.47. The van der Waals surface area contributed by atoms with E-state index in [2.05, 4.69) is 0 Å². The van der Waals surface area contributed by atoms with Crippen molar-refractivity contribution in [3.8, 4) is 0 Å². The summed E-state index contributed by atoms with van der Waals surface area (Å²) >= 11 is 0. The minimum absolute atomic E-state index is 0.271. The van der Waals surface area contributed by atoms with Gasteiger partial charge in [-0.15, -0.1) is 0 Å². The molecule has 0 spiro atoms. The van der Waals surface area contributed by atoms with Crippen LogP contribution in [0.3, 0.4) is 0 Å². The molecule has 1 aliphatic rings. The van der Waals surface area contributed by atoms with E-state index in [0.717, 1.165) is 0 Å². The number of rotatable bonds is 0. The van der Waals surface area contributed by atoms with Crippen molar-refractivity contribution in [3.63, 3.8) is 0 Å². The van der Waals surface area contributed by atoms with Gasteiger partial charge in [-0.2, -0.15) is 0 Å². The Morgan fingerprint density at radius 1 is 1.11 bits per heavy atom. The van der Waals surface area contributed by atoms with Gasteiger partial charge in [0.25, 0.3) is 0 Å². The lowest BCUT2D eigenvalue weighted by atomic mass is 10.4. The van der Waals surface area contributed by atoms with Crippen LogP contribution in [0.4, 0.5) is 0 Å². The van der Waals surface area contributed by atoms with E-state index in [0.29, 0.717) is 0 Å². The first-order valence-electron chi connectivity index (χ1n) is 2.96. The summed E-state index contributed by atoms with van der Waals surface area (Å²) in [4.78, 5) is 0. The predicted molar refractivity (Wildman–Crippen MR) is 37.0 cm³/mol. The van der Waals surface area contributed by atoms with E-state index in [1.165, 1.54) is 0 Å². The van der Waals surface area contributed by atoms with Crippen LogP contribution in [0, 0.1) is 0 Å². The van der Waals surface area contributed by atoms with Crippen molar-refractivity contribution in [3.05, 3.63) is 12.2 Å². The molecule has 0 aliphatic carbocycles. The molecular weight excluding hydrogens is 136 g/mol. The van der Waals surface area contributed by atoms with Gasteiger partial charge in [-0.05, 0) is 13.8 Å². The van der Waals surface area contributed by atoms with Crippen molar-refractivity contribution in [1.82, 2.24) is 0 Å². The van der Waals surface area contributed by atoms with Crippen LogP contribution in [-0.4, -0.2) is 18.9 Å². The lowest BCUT2D eigenvalue weighted by molar-refractivity contribution is 0.590. The van der Waals surface area contributed by atoms with Crippen LogP contribution in [0.1, 0.15) is 13.8 Å². The summed E-state index contributed by atoms with van der Waals surface area (Å²) in [5.41, 5.74) is 0. The van der Waals surface area contributed by atoms with E-state index >= 15 is 0 Å². The first-order valence-corrected chi connectivity index (χ1v) is 4.57. The highest BCUT2D eigenvalue weighted by molar-refractivity contribution is 7.93. The van der Waals surface area contributed by atoms with Gasteiger partial charge in [0, 0.05) is 0 Å². The Hall–Kier alpha value is -0.310. The normalized spacial score (nSPS) is 39.3. The number of hydrogen-bond acceptors (Lipinski definition) is 2. The molecule has 0 radical (unpaired) electrons. The average molecular weight is 146 g/mol. The highest BCUT2D eigenvalue weighted by Crippen LogP contribution is 2.18. The van der Waals surface area contributed by atoms with E-state index in [1.54, 1.807) is 26.0 Å². The lowest BCUT2D eigenvalue weighted by Gasteiger charge is -2.03. The van der Waals surface area contributed by atoms with Gasteiger partial charge in [-0.25, -0.2) is 8.42 Å². The summed E-state index contributed by atoms with van der Waals surface area (Å²) in [7, 11) is -2.81. The largest absolute Gasteiger partial charge is 0.228 e. The topological polar surface area (TPSA) is 34.1 Å². The molecule has 52 valence electrons. The van der Waals surface area contributed by atoms with Gasteiger partial charge >= 0.3 is 0 Å². The van der Waals surface area contributed by atoms with Gasteiger partial charge in [0.05, 0.1) is 10.5 Å². The van der Waals surface area contributed by atoms with Crippen molar-refractivity contribution in [2.24, 2.45) is 0 Å². The quantitative estimate of drug-likeness (QED) is 0.472. The maximum atomic E-state index is 11.0. The molecule has 0 aromatic carbocycles. The third-order valence-electron chi connectivity index (χ3n) is 1.69. The van der Waals surface area contributed by atoms with E-state index in [1.807, 2.05) is 0 Å². The van der Waals surface area contributed by atoms with Crippen molar-refractivity contribution < 1.29 is 8.42 Å². The molecule has 1 heterocycles. The molecule has 0 aromatic heterocycles. The minimum Gasteiger partial charge on any atom is -0.228 e. The molecule has 1 unspecified atom stereocenters. The number of sulfone groups is 1. The molecule has 0 amide bonds. The van der Waals surface area contributed by atoms with Crippen LogP contribution < -0.4 is 0 Å². The Balaban J connectivity index is 3.04. The van der Waals surface area contributed by atoms with Crippen LogP contribution in [0.2, 0.25) is 0 Å². The van der Waals surface area contributed by atoms with E-state index in [9.17, 15) is 8.42 Å². The lowest BCUT2D eigenvalue weighted by Crippen LogP contribution is -2.18. The fourth-order valence-electron chi connectivity index (χ4n) is 0.871. The van der Waals surface area contributed by atoms with Crippen LogP contribution in [0.5, 0.6) is 0 Å². The summed E-state index contributed by atoms with van der Waals surface area (Å²) in [6.45, 7) is 3.41. The molecule has 1 rings (SSSR count). The van der Waals surface area contributed by atoms with E-state index in [-0.39, 0.29) is 10.5 Å². The summed E-state index contributed by atoms with van der Waals surface area (Å²) in [5.74, 6) is 0. The molecule has 0 saturated carbocycles. The molecule has 0 bridgehead atoms. The molecule has 2 atom stereocenters. The third kappa shape index (κ3) is 0.894. The van der Waals surface area contributed by atoms with Gasteiger partial charge in [0.15, 0.2) is 9.84 Å². The SMILES string of the molecule is CC1C=C[C@@H](C)S1(=O)=O. The molecule has 0 N–H and O–H groups in total. The molecule has 0 saturated heterocycles. The Labute approximate surface area is 55.5 Å². The summed E-state index contributed by atoms with van der Waals surface area (Å²) in [6, 6.07) is 0. The predicted octanol–water partition coefficient (Wildman–Crippen LogP) is 0.748. The monoisotopic (exact) mass is 146 g/mol. The minimum atomic E-state index is -2.81. The van der Waals surface area contributed by atoms with Gasteiger partial charge < -0.3 is 0 Å². The first kappa shape index (κ1) is 6.81. The molecule has 9 heavy (non-hydrogen) atoms. The Kier molecular flexibility index (Phi) is 1.39. The second-order valence-corrected chi connectivity index (χ2v) is 5.05. The highest BCUT2D eigenvalue weighted by Gasteiger charge is 2.28. The number of hydrogen-bond donors (Lipinski definition) is 0. The highest BCUT2D eigenvalue weighted by atomic mass is 32.2. The summed E-state index contributed by atoms with van der Waals surface area (Å²) in [5, 5.41) is -0.542. The zero-order chi connectivity index (χ0) is 7.07. The zero-order valence-electron chi connectivity index (χ0n) is 5.53. The van der Waals surface area contributed by atoms with Gasteiger partial charge in [-0.1, -0.05) is 12.2 Å². The van der Waals surface area contributed by atoms with Crippen molar-refractivity contribution in [2.45, 2.75) is 24.3 Å². The molecule has 0 aromatic rings. The molecule has 1 aliphatic heterocycles. The van der Waals surface area contributed by atoms with Gasteiger partial charge in [0.1, 0.15) is 0 Å². The molecule has 0 fully saturated rings. The molecular formula is C6H10O2S. The smallest absolute Gasteiger partial charge is 0.162 e.